The molecule has 2 N–H and O–H groups in total. The molecule has 178 valence electrons. The van der Waals surface area contributed by atoms with Gasteiger partial charge in [-0.25, -0.2) is 14.6 Å². The SMILES string of the molecule is CC1(C)CC(OC(=O)c2ccc(C(=O)OC3CC(C)(C)NC(C)(C)C3)nc2)CC(C)(C)N1. The molecule has 2 saturated heterocycles. The summed E-state index contributed by atoms with van der Waals surface area (Å²) in [5.41, 5.74) is 0.0589. The minimum absolute atomic E-state index is 0.115. The zero-order valence-corrected chi connectivity index (χ0v) is 20.8. The molecule has 0 aliphatic carbocycles. The van der Waals surface area contributed by atoms with Gasteiger partial charge in [0.25, 0.3) is 0 Å². The van der Waals surface area contributed by atoms with Gasteiger partial charge in [0.05, 0.1) is 5.56 Å². The van der Waals surface area contributed by atoms with Gasteiger partial charge in [-0.05, 0) is 67.5 Å². The highest BCUT2D eigenvalue weighted by molar-refractivity contribution is 5.91. The van der Waals surface area contributed by atoms with Crippen LogP contribution >= 0.6 is 0 Å². The Hall–Kier alpha value is -1.99. The van der Waals surface area contributed by atoms with Crippen molar-refractivity contribution >= 4 is 11.9 Å². The van der Waals surface area contributed by atoms with Crippen molar-refractivity contribution in [3.63, 3.8) is 0 Å². The molecule has 1 aromatic heterocycles. The lowest BCUT2D eigenvalue weighted by Crippen LogP contribution is -2.59. The summed E-state index contributed by atoms with van der Waals surface area (Å²) in [5.74, 6) is -0.886. The van der Waals surface area contributed by atoms with Gasteiger partial charge >= 0.3 is 11.9 Å². The van der Waals surface area contributed by atoms with Gasteiger partial charge in [-0.2, -0.15) is 0 Å². The zero-order chi connectivity index (χ0) is 23.9. The van der Waals surface area contributed by atoms with Gasteiger partial charge in [-0.3, -0.25) is 0 Å². The third-order valence-electron chi connectivity index (χ3n) is 6.06. The predicted octanol–water partition coefficient (Wildman–Crippen LogP) is 4.01. The van der Waals surface area contributed by atoms with E-state index in [1.54, 1.807) is 6.07 Å². The number of carbonyl (C=O) groups is 2. The van der Waals surface area contributed by atoms with E-state index < -0.39 is 11.9 Å². The molecule has 3 heterocycles. The summed E-state index contributed by atoms with van der Waals surface area (Å²) < 4.78 is 11.5. The topological polar surface area (TPSA) is 89.6 Å². The standard InChI is InChI=1S/C25H39N3O4/c1-22(2)11-17(12-23(3,4)27-22)31-20(29)16-9-10-19(26-15-16)21(30)32-18-13-24(5,6)28-25(7,8)14-18/h9-10,15,17-18,27-28H,11-14H2,1-8H3. The molecular formula is C25H39N3O4. The quantitative estimate of drug-likeness (QED) is 0.677. The average molecular weight is 446 g/mol. The number of aromatic nitrogens is 1. The second-order valence-electron chi connectivity index (χ2n) is 12.1. The van der Waals surface area contributed by atoms with Crippen molar-refractivity contribution in [3.05, 3.63) is 29.6 Å². The van der Waals surface area contributed by atoms with E-state index in [0.717, 1.165) is 25.7 Å². The molecular weight excluding hydrogens is 406 g/mol. The Morgan fingerprint density at radius 3 is 1.53 bits per heavy atom. The van der Waals surface area contributed by atoms with Crippen LogP contribution in [0.2, 0.25) is 0 Å². The molecule has 0 radical (unpaired) electrons. The Labute approximate surface area is 192 Å². The molecule has 0 spiro atoms. The molecule has 0 bridgehead atoms. The van der Waals surface area contributed by atoms with E-state index in [-0.39, 0.29) is 40.1 Å². The first-order valence-electron chi connectivity index (χ1n) is 11.5. The van der Waals surface area contributed by atoms with Crippen LogP contribution in [0.1, 0.15) is 102 Å². The third kappa shape index (κ3) is 6.51. The molecule has 0 aromatic carbocycles. The van der Waals surface area contributed by atoms with Gasteiger partial charge in [0.1, 0.15) is 17.9 Å². The van der Waals surface area contributed by atoms with Crippen LogP contribution in [0.5, 0.6) is 0 Å². The highest BCUT2D eigenvalue weighted by atomic mass is 16.5. The molecule has 0 atom stereocenters. The van der Waals surface area contributed by atoms with E-state index >= 15 is 0 Å². The molecule has 7 heteroatoms. The predicted molar refractivity (Wildman–Crippen MR) is 124 cm³/mol. The monoisotopic (exact) mass is 445 g/mol. The van der Waals surface area contributed by atoms with Crippen LogP contribution in [0.3, 0.4) is 0 Å². The van der Waals surface area contributed by atoms with E-state index in [4.69, 9.17) is 9.47 Å². The molecule has 2 aliphatic heterocycles. The van der Waals surface area contributed by atoms with Gasteiger partial charge in [-0.1, -0.05) is 0 Å². The number of piperidine rings is 2. The fourth-order valence-corrected chi connectivity index (χ4v) is 5.69. The van der Waals surface area contributed by atoms with Crippen LogP contribution in [0.15, 0.2) is 18.3 Å². The molecule has 32 heavy (non-hydrogen) atoms. The summed E-state index contributed by atoms with van der Waals surface area (Å²) in [6.45, 7) is 16.9. The Morgan fingerprint density at radius 2 is 1.16 bits per heavy atom. The van der Waals surface area contributed by atoms with Crippen LogP contribution in [-0.4, -0.2) is 51.3 Å². The summed E-state index contributed by atoms with van der Waals surface area (Å²) in [5, 5.41) is 7.16. The first kappa shape index (κ1) is 24.6. The first-order valence-corrected chi connectivity index (χ1v) is 11.5. The maximum absolute atomic E-state index is 12.7. The van der Waals surface area contributed by atoms with Crippen molar-refractivity contribution < 1.29 is 19.1 Å². The molecule has 3 rings (SSSR count). The van der Waals surface area contributed by atoms with Crippen LogP contribution in [-0.2, 0) is 9.47 Å². The van der Waals surface area contributed by atoms with Crippen molar-refractivity contribution in [2.24, 2.45) is 0 Å². The number of nitrogens with one attached hydrogen (secondary N) is 2. The minimum atomic E-state index is -0.467. The third-order valence-corrected chi connectivity index (χ3v) is 6.06. The normalized spacial score (nSPS) is 24.5. The van der Waals surface area contributed by atoms with Crippen LogP contribution in [0, 0.1) is 0 Å². The van der Waals surface area contributed by atoms with E-state index in [2.05, 4.69) is 71.0 Å². The molecule has 2 fully saturated rings. The molecule has 7 nitrogen and oxygen atoms in total. The number of rotatable bonds is 4. The lowest BCUT2D eigenvalue weighted by atomic mass is 9.81. The van der Waals surface area contributed by atoms with Crippen molar-refractivity contribution in [2.45, 2.75) is 115 Å². The van der Waals surface area contributed by atoms with Crippen molar-refractivity contribution in [3.8, 4) is 0 Å². The van der Waals surface area contributed by atoms with Crippen molar-refractivity contribution in [2.75, 3.05) is 0 Å². The van der Waals surface area contributed by atoms with Gasteiger partial charge in [0.2, 0.25) is 0 Å². The van der Waals surface area contributed by atoms with E-state index in [1.165, 1.54) is 12.3 Å². The first-order chi connectivity index (χ1) is 14.5. The van der Waals surface area contributed by atoms with Crippen molar-refractivity contribution in [1.82, 2.24) is 15.6 Å². The van der Waals surface area contributed by atoms with E-state index in [1.807, 2.05) is 0 Å². The summed E-state index contributed by atoms with van der Waals surface area (Å²) in [6.07, 6.45) is 3.97. The number of hydrogen-bond acceptors (Lipinski definition) is 7. The lowest BCUT2D eigenvalue weighted by molar-refractivity contribution is -0.00848. The number of ether oxygens (including phenoxy) is 2. The summed E-state index contributed by atoms with van der Waals surface area (Å²) in [7, 11) is 0. The minimum Gasteiger partial charge on any atom is -0.459 e. The second-order valence-corrected chi connectivity index (χ2v) is 12.1. The number of carbonyl (C=O) groups excluding carboxylic acids is 2. The van der Waals surface area contributed by atoms with E-state index in [9.17, 15) is 9.59 Å². The molecule has 0 saturated carbocycles. The van der Waals surface area contributed by atoms with Gasteiger partial charge in [0, 0.05) is 54.0 Å². The average Bonchev–Trinajstić information content (AvgIpc) is 2.56. The fourth-order valence-electron chi connectivity index (χ4n) is 5.69. The maximum atomic E-state index is 12.7. The largest absolute Gasteiger partial charge is 0.459 e. The Bertz CT molecular complexity index is 755. The summed E-state index contributed by atoms with van der Waals surface area (Å²) in [4.78, 5) is 29.5. The Morgan fingerprint density at radius 1 is 0.750 bits per heavy atom. The lowest BCUT2D eigenvalue weighted by Gasteiger charge is -2.46. The fraction of sp³-hybridized carbons (Fsp3) is 0.720. The smallest absolute Gasteiger partial charge is 0.357 e. The zero-order valence-electron chi connectivity index (χ0n) is 20.8. The number of nitrogens with zero attached hydrogens (tertiary/aromatic N) is 1. The van der Waals surface area contributed by atoms with Crippen LogP contribution < -0.4 is 10.6 Å². The number of esters is 2. The Balaban J connectivity index is 1.61. The Kier molecular flexibility index (Phi) is 6.48. The van der Waals surface area contributed by atoms with Gasteiger partial charge in [0.15, 0.2) is 0 Å². The summed E-state index contributed by atoms with van der Waals surface area (Å²) >= 11 is 0. The molecule has 2 aliphatic rings. The van der Waals surface area contributed by atoms with Crippen molar-refractivity contribution in [1.29, 1.82) is 0 Å². The summed E-state index contributed by atoms with van der Waals surface area (Å²) in [6, 6.07) is 3.12. The van der Waals surface area contributed by atoms with Gasteiger partial charge in [-0.15, -0.1) is 0 Å². The van der Waals surface area contributed by atoms with Crippen LogP contribution in [0.4, 0.5) is 0 Å². The van der Waals surface area contributed by atoms with E-state index in [0.29, 0.717) is 5.56 Å². The van der Waals surface area contributed by atoms with Crippen LogP contribution in [0.25, 0.3) is 0 Å². The highest BCUT2D eigenvalue weighted by Gasteiger charge is 2.40. The van der Waals surface area contributed by atoms with Gasteiger partial charge < -0.3 is 20.1 Å². The molecule has 1 aromatic rings. The number of pyridine rings is 1. The number of hydrogen-bond donors (Lipinski definition) is 2. The second kappa shape index (κ2) is 8.41. The molecule has 0 unspecified atom stereocenters. The highest BCUT2D eigenvalue weighted by Crippen LogP contribution is 2.32. The maximum Gasteiger partial charge on any atom is 0.357 e. The molecule has 0 amide bonds.